The SMILES string of the molecule is CCN(C(=O)C1C=NC(Nc2cc(N3CCN(CCO)CC3)nc(C)n2)S1)c1c(C)cccc1Cl. The van der Waals surface area contributed by atoms with Crippen LogP contribution in [0.2, 0.25) is 5.02 Å². The van der Waals surface area contributed by atoms with Crippen LogP contribution < -0.4 is 15.1 Å². The highest BCUT2D eigenvalue weighted by molar-refractivity contribution is 8.02. The number of carbonyl (C=O) groups is 1. The van der Waals surface area contributed by atoms with E-state index in [2.05, 4.69) is 30.1 Å². The number of nitrogens with zero attached hydrogens (tertiary/aromatic N) is 6. The number of para-hydroxylation sites is 1. The molecule has 4 rings (SSSR count). The Balaban J connectivity index is 1.40. The molecule has 0 spiro atoms. The number of piperazine rings is 1. The molecule has 1 aromatic carbocycles. The Morgan fingerprint density at radius 1 is 1.26 bits per heavy atom. The van der Waals surface area contributed by atoms with E-state index in [1.54, 1.807) is 11.1 Å². The van der Waals surface area contributed by atoms with E-state index < -0.39 is 5.25 Å². The number of rotatable bonds is 8. The minimum Gasteiger partial charge on any atom is -0.395 e. The van der Waals surface area contributed by atoms with Gasteiger partial charge in [0.15, 0.2) is 5.50 Å². The van der Waals surface area contributed by atoms with E-state index in [0.29, 0.717) is 29.8 Å². The molecule has 2 atom stereocenters. The third kappa shape index (κ3) is 6.06. The average molecular weight is 518 g/mol. The van der Waals surface area contributed by atoms with E-state index in [1.807, 2.05) is 45.0 Å². The number of carbonyl (C=O) groups excluding carboxylic acids is 1. The van der Waals surface area contributed by atoms with Crippen LogP contribution in [-0.4, -0.2) is 88.7 Å². The summed E-state index contributed by atoms with van der Waals surface area (Å²) in [5, 5.41) is 12.7. The fraction of sp³-hybridized carbons (Fsp3) is 0.500. The molecule has 35 heavy (non-hydrogen) atoms. The van der Waals surface area contributed by atoms with Gasteiger partial charge in [0, 0.05) is 51.5 Å². The second-order valence-electron chi connectivity index (χ2n) is 8.55. The van der Waals surface area contributed by atoms with Crippen molar-refractivity contribution in [3.05, 3.63) is 40.7 Å². The smallest absolute Gasteiger partial charge is 0.245 e. The lowest BCUT2D eigenvalue weighted by Crippen LogP contribution is -2.47. The second kappa shape index (κ2) is 11.6. The molecule has 1 fully saturated rings. The third-order valence-corrected chi connectivity index (χ3v) is 7.54. The number of anilines is 3. The summed E-state index contributed by atoms with van der Waals surface area (Å²) in [6.07, 6.45) is 1.70. The molecule has 11 heteroatoms. The second-order valence-corrected chi connectivity index (χ2v) is 10.2. The number of hydrogen-bond acceptors (Lipinski definition) is 9. The minimum absolute atomic E-state index is 0.0398. The van der Waals surface area contributed by atoms with Crippen molar-refractivity contribution in [2.45, 2.75) is 31.5 Å². The van der Waals surface area contributed by atoms with Crippen molar-refractivity contribution >= 4 is 52.8 Å². The van der Waals surface area contributed by atoms with E-state index in [9.17, 15) is 4.79 Å². The normalized spacial score (nSPS) is 20.3. The van der Waals surface area contributed by atoms with Gasteiger partial charge >= 0.3 is 0 Å². The first-order chi connectivity index (χ1) is 16.9. The standard InChI is InChI=1S/C24H32ClN7O2S/c1-4-32(22-16(2)6-5-7-18(22)25)23(34)19-15-26-24(35-19)29-20-14-21(28-17(3)27-20)31-10-8-30(9-11-31)12-13-33/h5-7,14-15,19,24,33H,4,8-13H2,1-3H3,(H,27,28,29). The molecule has 188 valence electrons. The van der Waals surface area contributed by atoms with Crippen LogP contribution in [0.4, 0.5) is 17.3 Å². The molecule has 2 aliphatic heterocycles. The molecular formula is C24H32ClN7O2S. The number of aliphatic imine (C=N–C) groups is 1. The number of nitrogens with one attached hydrogen (secondary N) is 1. The highest BCUT2D eigenvalue weighted by atomic mass is 35.5. The van der Waals surface area contributed by atoms with Gasteiger partial charge < -0.3 is 20.2 Å². The molecule has 0 bridgehead atoms. The molecule has 0 radical (unpaired) electrons. The van der Waals surface area contributed by atoms with Crippen LogP contribution in [0.15, 0.2) is 29.3 Å². The van der Waals surface area contributed by atoms with Gasteiger partial charge in [-0.25, -0.2) is 9.97 Å². The number of hydrogen-bond donors (Lipinski definition) is 2. The minimum atomic E-state index is -0.412. The number of thioether (sulfide) groups is 1. The van der Waals surface area contributed by atoms with Gasteiger partial charge in [0.2, 0.25) is 5.91 Å². The van der Waals surface area contributed by atoms with E-state index >= 15 is 0 Å². The number of aryl methyl sites for hydroxylation is 2. The van der Waals surface area contributed by atoms with Crippen molar-refractivity contribution in [3.63, 3.8) is 0 Å². The zero-order valence-corrected chi connectivity index (χ0v) is 21.9. The monoisotopic (exact) mass is 517 g/mol. The molecule has 2 unspecified atom stereocenters. The largest absolute Gasteiger partial charge is 0.395 e. The maximum Gasteiger partial charge on any atom is 0.245 e. The number of halogens is 1. The average Bonchev–Trinajstić information content (AvgIpc) is 3.30. The zero-order valence-electron chi connectivity index (χ0n) is 20.3. The molecule has 1 amide bonds. The zero-order chi connectivity index (χ0) is 24.9. The Kier molecular flexibility index (Phi) is 8.48. The fourth-order valence-electron chi connectivity index (χ4n) is 4.36. The summed E-state index contributed by atoms with van der Waals surface area (Å²) >= 11 is 7.87. The third-order valence-electron chi connectivity index (χ3n) is 6.12. The number of aromatic nitrogens is 2. The van der Waals surface area contributed by atoms with E-state index in [-0.39, 0.29) is 18.0 Å². The lowest BCUT2D eigenvalue weighted by atomic mass is 10.1. The predicted octanol–water partition coefficient (Wildman–Crippen LogP) is 2.80. The molecule has 9 nitrogen and oxygen atoms in total. The number of benzene rings is 1. The van der Waals surface area contributed by atoms with Gasteiger partial charge in [-0.15, -0.1) is 0 Å². The van der Waals surface area contributed by atoms with Crippen LogP contribution in [-0.2, 0) is 4.79 Å². The maximum absolute atomic E-state index is 13.3. The van der Waals surface area contributed by atoms with Gasteiger partial charge in [0.05, 0.1) is 17.3 Å². The van der Waals surface area contributed by atoms with E-state index in [1.165, 1.54) is 11.8 Å². The van der Waals surface area contributed by atoms with E-state index in [0.717, 1.165) is 43.2 Å². The predicted molar refractivity (Wildman–Crippen MR) is 144 cm³/mol. The van der Waals surface area contributed by atoms with Crippen molar-refractivity contribution in [2.24, 2.45) is 4.99 Å². The highest BCUT2D eigenvalue weighted by Gasteiger charge is 2.32. The van der Waals surface area contributed by atoms with Gasteiger partial charge in [-0.1, -0.05) is 35.5 Å². The van der Waals surface area contributed by atoms with Crippen LogP contribution in [0.1, 0.15) is 18.3 Å². The van der Waals surface area contributed by atoms with Gasteiger partial charge in [-0.05, 0) is 32.4 Å². The van der Waals surface area contributed by atoms with Crippen LogP contribution in [0, 0.1) is 13.8 Å². The molecule has 3 heterocycles. The van der Waals surface area contributed by atoms with Crippen molar-refractivity contribution in [2.75, 3.05) is 61.0 Å². The van der Waals surface area contributed by atoms with Crippen LogP contribution in [0.3, 0.4) is 0 Å². The molecular weight excluding hydrogens is 486 g/mol. The topological polar surface area (TPSA) is 97.2 Å². The Bertz CT molecular complexity index is 1060. The first kappa shape index (κ1) is 25.7. The van der Waals surface area contributed by atoms with Crippen LogP contribution in [0.5, 0.6) is 0 Å². The lowest BCUT2D eigenvalue weighted by Gasteiger charge is -2.35. The maximum atomic E-state index is 13.3. The van der Waals surface area contributed by atoms with Crippen molar-refractivity contribution < 1.29 is 9.90 Å². The van der Waals surface area contributed by atoms with Gasteiger partial charge in [-0.3, -0.25) is 14.7 Å². The molecule has 2 aliphatic rings. The summed E-state index contributed by atoms with van der Waals surface area (Å²) < 4.78 is 0. The number of β-amino-alcohol motifs (C(OH)–C–C–N with tert-alkyl or cyclic N) is 1. The summed E-state index contributed by atoms with van der Waals surface area (Å²) in [5.41, 5.74) is 1.39. The van der Waals surface area contributed by atoms with Crippen molar-refractivity contribution in [1.82, 2.24) is 14.9 Å². The molecule has 2 aromatic rings. The fourth-order valence-corrected chi connectivity index (χ4v) is 5.67. The Morgan fingerprint density at radius 2 is 2.03 bits per heavy atom. The van der Waals surface area contributed by atoms with E-state index in [4.69, 9.17) is 16.7 Å². The Labute approximate surface area is 215 Å². The van der Waals surface area contributed by atoms with Crippen molar-refractivity contribution in [3.8, 4) is 0 Å². The first-order valence-electron chi connectivity index (χ1n) is 11.8. The summed E-state index contributed by atoms with van der Waals surface area (Å²) in [7, 11) is 0. The molecule has 2 N–H and O–H groups in total. The quantitative estimate of drug-likeness (QED) is 0.551. The van der Waals surface area contributed by atoms with Crippen LogP contribution >= 0.6 is 23.4 Å². The molecule has 1 aromatic heterocycles. The summed E-state index contributed by atoms with van der Waals surface area (Å²) in [4.78, 5) is 33.2. The number of amides is 1. The van der Waals surface area contributed by atoms with Crippen molar-refractivity contribution in [1.29, 1.82) is 0 Å². The van der Waals surface area contributed by atoms with Gasteiger partial charge in [0.25, 0.3) is 0 Å². The molecule has 0 aliphatic carbocycles. The van der Waals surface area contributed by atoms with Gasteiger partial charge in [-0.2, -0.15) is 0 Å². The molecule has 0 saturated carbocycles. The lowest BCUT2D eigenvalue weighted by molar-refractivity contribution is -0.117. The summed E-state index contributed by atoms with van der Waals surface area (Å²) in [6, 6.07) is 7.59. The van der Waals surface area contributed by atoms with Crippen LogP contribution in [0.25, 0.3) is 0 Å². The highest BCUT2D eigenvalue weighted by Crippen LogP contribution is 2.33. The van der Waals surface area contributed by atoms with Gasteiger partial charge in [0.1, 0.15) is 22.7 Å². The Morgan fingerprint density at radius 3 is 2.71 bits per heavy atom. The summed E-state index contributed by atoms with van der Waals surface area (Å²) in [6.45, 7) is 10.6. The summed E-state index contributed by atoms with van der Waals surface area (Å²) in [5.74, 6) is 2.19. The first-order valence-corrected chi connectivity index (χ1v) is 13.2. The Hall–Kier alpha value is -2.40. The number of aliphatic hydroxyl groups excluding tert-OH is 1. The number of aliphatic hydroxyl groups is 1. The molecule has 1 saturated heterocycles.